The number of nitrogens with zero attached hydrogens (tertiary/aromatic N) is 1. The normalized spacial score (nSPS) is 13.9. The number of hydrogen-bond acceptors (Lipinski definition) is 3. The van der Waals surface area contributed by atoms with Gasteiger partial charge in [-0.05, 0) is 73.5 Å². The Balaban J connectivity index is 1.37. The van der Waals surface area contributed by atoms with Crippen molar-refractivity contribution in [2.24, 2.45) is 0 Å². The number of amides is 1. The van der Waals surface area contributed by atoms with Crippen molar-refractivity contribution >= 4 is 40.6 Å². The minimum Gasteiger partial charge on any atom is -0.372 e. The summed E-state index contributed by atoms with van der Waals surface area (Å²) in [4.78, 5) is 15.6. The first-order valence-electron chi connectivity index (χ1n) is 8.74. The molecule has 1 heterocycles. The zero-order valence-electron chi connectivity index (χ0n) is 14.2. The Hall–Kier alpha value is -1.65. The van der Waals surface area contributed by atoms with Crippen LogP contribution in [0.15, 0.2) is 53.4 Å². The average molecular weight is 375 g/mol. The first-order chi connectivity index (χ1) is 12.2. The zero-order valence-corrected chi connectivity index (χ0v) is 15.8. The molecule has 0 aliphatic carbocycles. The second kappa shape index (κ2) is 9.16. The smallest absolute Gasteiger partial charge is 0.224 e. The number of halogens is 1. The Morgan fingerprint density at radius 3 is 2.40 bits per heavy atom. The fourth-order valence-corrected chi connectivity index (χ4v) is 3.89. The van der Waals surface area contributed by atoms with Crippen LogP contribution in [-0.4, -0.2) is 24.7 Å². The van der Waals surface area contributed by atoms with Gasteiger partial charge in [0.1, 0.15) is 0 Å². The van der Waals surface area contributed by atoms with Crippen LogP contribution in [0.5, 0.6) is 0 Å². The minimum absolute atomic E-state index is 0.0747. The van der Waals surface area contributed by atoms with E-state index in [1.165, 1.54) is 23.4 Å². The van der Waals surface area contributed by atoms with Crippen molar-refractivity contribution in [2.45, 2.75) is 30.6 Å². The van der Waals surface area contributed by atoms with Crippen molar-refractivity contribution in [1.82, 2.24) is 0 Å². The molecule has 1 saturated heterocycles. The largest absolute Gasteiger partial charge is 0.372 e. The highest BCUT2D eigenvalue weighted by atomic mass is 35.5. The van der Waals surface area contributed by atoms with Gasteiger partial charge in [-0.2, -0.15) is 0 Å². The molecule has 0 unspecified atom stereocenters. The van der Waals surface area contributed by atoms with E-state index in [1.807, 2.05) is 36.4 Å². The summed E-state index contributed by atoms with van der Waals surface area (Å²) in [6, 6.07) is 16.0. The van der Waals surface area contributed by atoms with Crippen LogP contribution in [0.2, 0.25) is 5.02 Å². The molecule has 0 atom stereocenters. The highest BCUT2D eigenvalue weighted by Crippen LogP contribution is 2.23. The lowest BCUT2D eigenvalue weighted by Gasteiger charge is -2.17. The lowest BCUT2D eigenvalue weighted by atomic mass is 10.2. The summed E-state index contributed by atoms with van der Waals surface area (Å²) in [5, 5.41) is 3.73. The van der Waals surface area contributed by atoms with E-state index in [-0.39, 0.29) is 5.91 Å². The summed E-state index contributed by atoms with van der Waals surface area (Å²) in [6.07, 6.45) is 3.93. The summed E-state index contributed by atoms with van der Waals surface area (Å²) < 4.78 is 0. The van der Waals surface area contributed by atoms with Gasteiger partial charge in [-0.3, -0.25) is 4.79 Å². The standard InChI is InChI=1S/C20H23ClN2OS/c21-16-5-11-19(12-6-16)25-15-3-4-20(24)22-17-7-9-18(10-8-17)23-13-1-2-14-23/h5-12H,1-4,13-15H2,(H,22,24). The molecule has 0 radical (unpaired) electrons. The molecule has 0 bridgehead atoms. The van der Waals surface area contributed by atoms with Crippen LogP contribution in [0.25, 0.3) is 0 Å². The first kappa shape index (κ1) is 18.2. The summed E-state index contributed by atoms with van der Waals surface area (Å²) in [7, 11) is 0. The molecule has 1 N–H and O–H groups in total. The van der Waals surface area contributed by atoms with Crippen LogP contribution in [-0.2, 0) is 4.79 Å². The third-order valence-electron chi connectivity index (χ3n) is 4.25. The Morgan fingerprint density at radius 2 is 1.72 bits per heavy atom. The molecule has 0 spiro atoms. The molecule has 1 aliphatic rings. The molecular formula is C20H23ClN2OS. The second-order valence-corrected chi connectivity index (χ2v) is 7.80. The molecule has 0 saturated carbocycles. The lowest BCUT2D eigenvalue weighted by molar-refractivity contribution is -0.116. The van der Waals surface area contributed by atoms with Gasteiger partial charge in [0.05, 0.1) is 0 Å². The van der Waals surface area contributed by atoms with Crippen molar-refractivity contribution in [3.8, 4) is 0 Å². The number of anilines is 2. The Bertz CT molecular complexity index is 682. The van der Waals surface area contributed by atoms with Crippen molar-refractivity contribution in [3.63, 3.8) is 0 Å². The maximum Gasteiger partial charge on any atom is 0.224 e. The fourth-order valence-electron chi connectivity index (χ4n) is 2.91. The minimum atomic E-state index is 0.0747. The number of nitrogens with one attached hydrogen (secondary N) is 1. The Labute approximate surface area is 158 Å². The third kappa shape index (κ3) is 5.68. The van der Waals surface area contributed by atoms with Gasteiger partial charge in [0.25, 0.3) is 0 Å². The topological polar surface area (TPSA) is 32.3 Å². The van der Waals surface area contributed by atoms with E-state index in [2.05, 4.69) is 22.3 Å². The van der Waals surface area contributed by atoms with Crippen LogP contribution in [0, 0.1) is 0 Å². The van der Waals surface area contributed by atoms with Crippen LogP contribution in [0.1, 0.15) is 25.7 Å². The highest BCUT2D eigenvalue weighted by Gasteiger charge is 2.12. The molecule has 1 amide bonds. The summed E-state index contributed by atoms with van der Waals surface area (Å²) in [5.74, 6) is 0.994. The van der Waals surface area contributed by atoms with E-state index in [9.17, 15) is 4.79 Å². The van der Waals surface area contributed by atoms with Crippen molar-refractivity contribution in [2.75, 3.05) is 29.1 Å². The van der Waals surface area contributed by atoms with Gasteiger partial charge in [0.2, 0.25) is 5.91 Å². The third-order valence-corrected chi connectivity index (χ3v) is 5.60. The van der Waals surface area contributed by atoms with Gasteiger partial charge < -0.3 is 10.2 Å². The Kier molecular flexibility index (Phi) is 6.65. The van der Waals surface area contributed by atoms with Gasteiger partial charge in [-0.25, -0.2) is 0 Å². The van der Waals surface area contributed by atoms with Gasteiger partial charge in [-0.15, -0.1) is 11.8 Å². The SMILES string of the molecule is O=C(CCCSc1ccc(Cl)cc1)Nc1ccc(N2CCCC2)cc1. The maximum absolute atomic E-state index is 12.1. The molecule has 132 valence electrons. The molecular weight excluding hydrogens is 352 g/mol. The predicted octanol–water partition coefficient (Wildman–Crippen LogP) is 5.45. The van der Waals surface area contributed by atoms with Gasteiger partial charge in [0.15, 0.2) is 0 Å². The summed E-state index contributed by atoms with van der Waals surface area (Å²) in [5.41, 5.74) is 2.12. The van der Waals surface area contributed by atoms with Gasteiger partial charge >= 0.3 is 0 Å². The van der Waals surface area contributed by atoms with E-state index in [4.69, 9.17) is 11.6 Å². The van der Waals surface area contributed by atoms with Gasteiger partial charge in [-0.1, -0.05) is 11.6 Å². The molecule has 1 fully saturated rings. The predicted molar refractivity (Wildman–Crippen MR) is 108 cm³/mol. The lowest BCUT2D eigenvalue weighted by Crippen LogP contribution is -2.17. The van der Waals surface area contributed by atoms with Crippen LogP contribution in [0.3, 0.4) is 0 Å². The molecule has 3 rings (SSSR count). The number of benzene rings is 2. The molecule has 2 aromatic rings. The monoisotopic (exact) mass is 374 g/mol. The van der Waals surface area contributed by atoms with Crippen LogP contribution >= 0.6 is 23.4 Å². The van der Waals surface area contributed by atoms with E-state index >= 15 is 0 Å². The molecule has 2 aromatic carbocycles. The number of carbonyl (C=O) groups excluding carboxylic acids is 1. The molecule has 3 nitrogen and oxygen atoms in total. The second-order valence-electron chi connectivity index (χ2n) is 6.20. The molecule has 1 aliphatic heterocycles. The number of thioether (sulfide) groups is 1. The Morgan fingerprint density at radius 1 is 1.04 bits per heavy atom. The summed E-state index contributed by atoms with van der Waals surface area (Å²) >= 11 is 7.62. The first-order valence-corrected chi connectivity index (χ1v) is 10.1. The van der Waals surface area contributed by atoms with Crippen molar-refractivity contribution in [3.05, 3.63) is 53.6 Å². The zero-order chi connectivity index (χ0) is 17.5. The maximum atomic E-state index is 12.1. The molecule has 5 heteroatoms. The van der Waals surface area contributed by atoms with E-state index in [0.717, 1.165) is 36.0 Å². The molecule has 0 aromatic heterocycles. The van der Waals surface area contributed by atoms with Crippen LogP contribution in [0.4, 0.5) is 11.4 Å². The summed E-state index contributed by atoms with van der Waals surface area (Å²) in [6.45, 7) is 2.27. The van der Waals surface area contributed by atoms with Crippen molar-refractivity contribution < 1.29 is 4.79 Å². The van der Waals surface area contributed by atoms with Crippen molar-refractivity contribution in [1.29, 1.82) is 0 Å². The number of carbonyl (C=O) groups is 1. The number of rotatable bonds is 7. The quantitative estimate of drug-likeness (QED) is 0.516. The van der Waals surface area contributed by atoms with Gasteiger partial charge in [0, 0.05) is 40.8 Å². The van der Waals surface area contributed by atoms with E-state index < -0.39 is 0 Å². The van der Waals surface area contributed by atoms with Crippen LogP contribution < -0.4 is 10.2 Å². The molecule has 25 heavy (non-hydrogen) atoms. The highest BCUT2D eigenvalue weighted by molar-refractivity contribution is 7.99. The van der Waals surface area contributed by atoms with E-state index in [0.29, 0.717) is 6.42 Å². The van der Waals surface area contributed by atoms with E-state index in [1.54, 1.807) is 11.8 Å². The average Bonchev–Trinajstić information content (AvgIpc) is 3.15. The fraction of sp³-hybridized carbons (Fsp3) is 0.350. The number of hydrogen-bond donors (Lipinski definition) is 1.